The summed E-state index contributed by atoms with van der Waals surface area (Å²) >= 11 is 0. The summed E-state index contributed by atoms with van der Waals surface area (Å²) in [6.07, 6.45) is 1.42. The Bertz CT molecular complexity index is 762. The summed E-state index contributed by atoms with van der Waals surface area (Å²) in [7, 11) is 1.72. The molecule has 0 saturated carbocycles. The third-order valence-electron chi connectivity index (χ3n) is 3.26. The monoisotopic (exact) mass is 285 g/mol. The summed E-state index contributed by atoms with van der Waals surface area (Å²) in [5.74, 6) is 0.545. The highest BCUT2D eigenvalue weighted by molar-refractivity contribution is 5.97. The number of fused-ring (bicyclic) bond motifs is 1. The minimum Gasteiger partial charge on any atom is -0.334 e. The van der Waals surface area contributed by atoms with Crippen molar-refractivity contribution >= 4 is 16.9 Å². The van der Waals surface area contributed by atoms with Gasteiger partial charge >= 0.3 is 0 Å². The van der Waals surface area contributed by atoms with Gasteiger partial charge in [0, 0.05) is 19.2 Å². The van der Waals surface area contributed by atoms with E-state index in [1.165, 1.54) is 6.33 Å². The second-order valence-corrected chi connectivity index (χ2v) is 4.70. The Labute approximate surface area is 120 Å². The van der Waals surface area contributed by atoms with Crippen LogP contribution in [-0.4, -0.2) is 48.0 Å². The van der Waals surface area contributed by atoms with Gasteiger partial charge in [0.15, 0.2) is 0 Å². The zero-order chi connectivity index (χ0) is 14.8. The summed E-state index contributed by atoms with van der Waals surface area (Å²) in [6.45, 7) is 3.12. The van der Waals surface area contributed by atoms with Crippen LogP contribution in [0, 0.1) is 0 Å². The highest BCUT2D eigenvalue weighted by Crippen LogP contribution is 2.15. The molecule has 1 N–H and O–H groups in total. The average Bonchev–Trinajstić information content (AvgIpc) is 3.14. The summed E-state index contributed by atoms with van der Waals surface area (Å²) in [5.41, 5.74) is 2.22. The zero-order valence-electron chi connectivity index (χ0n) is 11.8. The number of hydrogen-bond acceptors (Lipinski definition) is 5. The van der Waals surface area contributed by atoms with E-state index in [2.05, 4.69) is 25.5 Å². The lowest BCUT2D eigenvalue weighted by Crippen LogP contribution is -2.26. The number of benzene rings is 1. The molecule has 2 aromatic heterocycles. The van der Waals surface area contributed by atoms with E-state index in [0.717, 1.165) is 17.6 Å². The quantitative estimate of drug-likeness (QED) is 0.767. The number of aromatic nitrogens is 6. The van der Waals surface area contributed by atoms with Gasteiger partial charge in [-0.25, -0.2) is 9.67 Å². The van der Waals surface area contributed by atoms with Crippen molar-refractivity contribution in [1.82, 2.24) is 35.1 Å². The summed E-state index contributed by atoms with van der Waals surface area (Å²) in [6, 6.07) is 5.42. The predicted octanol–water partition coefficient (Wildman–Crippen LogP) is 0.841. The Hall–Kier alpha value is -2.77. The molecule has 8 heteroatoms. The third-order valence-corrected chi connectivity index (χ3v) is 3.26. The lowest BCUT2D eigenvalue weighted by Gasteiger charge is -2.15. The molecule has 0 radical (unpaired) electrons. The Morgan fingerprint density at radius 1 is 1.43 bits per heavy atom. The molecule has 2 heterocycles. The molecule has 0 bridgehead atoms. The fourth-order valence-corrected chi connectivity index (χ4v) is 2.16. The number of rotatable bonds is 4. The summed E-state index contributed by atoms with van der Waals surface area (Å²) < 4.78 is 1.79. The molecule has 0 unspecified atom stereocenters. The van der Waals surface area contributed by atoms with E-state index in [9.17, 15) is 4.79 Å². The second-order valence-electron chi connectivity index (χ2n) is 4.70. The number of amides is 1. The molecule has 21 heavy (non-hydrogen) atoms. The van der Waals surface area contributed by atoms with E-state index in [1.54, 1.807) is 28.8 Å². The Morgan fingerprint density at radius 2 is 2.29 bits per heavy atom. The number of carbonyl (C=O) groups excluding carboxylic acids is 1. The van der Waals surface area contributed by atoms with Gasteiger partial charge in [-0.15, -0.1) is 5.10 Å². The van der Waals surface area contributed by atoms with E-state index < -0.39 is 0 Å². The van der Waals surface area contributed by atoms with Crippen LogP contribution in [0.1, 0.15) is 23.1 Å². The largest absolute Gasteiger partial charge is 0.334 e. The SMILES string of the molecule is CCn1nnc2cc(C(=O)N(C)Cc3ncn[nH]3)ccc21. The third kappa shape index (κ3) is 2.47. The van der Waals surface area contributed by atoms with Crippen LogP contribution in [-0.2, 0) is 13.1 Å². The van der Waals surface area contributed by atoms with E-state index in [1.807, 2.05) is 13.0 Å². The molecule has 3 rings (SSSR count). The molecule has 0 aliphatic rings. The van der Waals surface area contributed by atoms with Crippen molar-refractivity contribution < 1.29 is 4.79 Å². The fraction of sp³-hybridized carbons (Fsp3) is 0.308. The van der Waals surface area contributed by atoms with Crippen LogP contribution in [0.2, 0.25) is 0 Å². The van der Waals surface area contributed by atoms with Crippen LogP contribution in [0.3, 0.4) is 0 Å². The summed E-state index contributed by atoms with van der Waals surface area (Å²) in [4.78, 5) is 18.0. The Morgan fingerprint density at radius 3 is 3.00 bits per heavy atom. The molecule has 0 aliphatic heterocycles. The topological polar surface area (TPSA) is 92.6 Å². The lowest BCUT2D eigenvalue weighted by molar-refractivity contribution is 0.0782. The van der Waals surface area contributed by atoms with Crippen LogP contribution < -0.4 is 0 Å². The normalized spacial score (nSPS) is 11.0. The Kier molecular flexibility index (Phi) is 3.35. The van der Waals surface area contributed by atoms with E-state index in [0.29, 0.717) is 17.9 Å². The van der Waals surface area contributed by atoms with Gasteiger partial charge in [-0.1, -0.05) is 5.21 Å². The van der Waals surface area contributed by atoms with E-state index in [-0.39, 0.29) is 5.91 Å². The number of hydrogen-bond donors (Lipinski definition) is 1. The van der Waals surface area contributed by atoms with Crippen molar-refractivity contribution in [2.24, 2.45) is 0 Å². The van der Waals surface area contributed by atoms with Gasteiger partial charge in [0.05, 0.1) is 12.1 Å². The number of nitrogens with one attached hydrogen (secondary N) is 1. The minimum atomic E-state index is -0.0978. The molecule has 1 aromatic carbocycles. The van der Waals surface area contributed by atoms with Gasteiger partial charge in [0.2, 0.25) is 0 Å². The average molecular weight is 285 g/mol. The van der Waals surface area contributed by atoms with Crippen molar-refractivity contribution in [3.63, 3.8) is 0 Å². The Balaban J connectivity index is 1.84. The molecular formula is C13H15N7O. The van der Waals surface area contributed by atoms with Gasteiger partial charge < -0.3 is 4.90 Å². The number of H-pyrrole nitrogens is 1. The molecular weight excluding hydrogens is 270 g/mol. The van der Waals surface area contributed by atoms with Crippen LogP contribution in [0.5, 0.6) is 0 Å². The van der Waals surface area contributed by atoms with E-state index in [4.69, 9.17) is 0 Å². The number of carbonyl (C=O) groups is 1. The standard InChI is InChI=1S/C13H15N7O/c1-3-20-11-5-4-9(6-10(11)16-18-20)13(21)19(2)7-12-14-8-15-17-12/h4-6,8H,3,7H2,1-2H3,(H,14,15,17). The van der Waals surface area contributed by atoms with Crippen LogP contribution in [0.25, 0.3) is 11.0 Å². The van der Waals surface area contributed by atoms with Crippen molar-refractivity contribution in [1.29, 1.82) is 0 Å². The highest BCUT2D eigenvalue weighted by Gasteiger charge is 2.15. The lowest BCUT2D eigenvalue weighted by atomic mass is 10.1. The smallest absolute Gasteiger partial charge is 0.254 e. The molecule has 0 saturated heterocycles. The first-order valence-electron chi connectivity index (χ1n) is 6.62. The van der Waals surface area contributed by atoms with Crippen molar-refractivity contribution in [2.75, 3.05) is 7.05 Å². The van der Waals surface area contributed by atoms with E-state index >= 15 is 0 Å². The number of aryl methyl sites for hydroxylation is 1. The van der Waals surface area contributed by atoms with Crippen molar-refractivity contribution in [2.45, 2.75) is 20.0 Å². The molecule has 0 fully saturated rings. The van der Waals surface area contributed by atoms with Gasteiger partial charge in [0.25, 0.3) is 5.91 Å². The highest BCUT2D eigenvalue weighted by atomic mass is 16.2. The van der Waals surface area contributed by atoms with Gasteiger partial charge in [-0.3, -0.25) is 9.89 Å². The molecule has 0 aliphatic carbocycles. The molecule has 8 nitrogen and oxygen atoms in total. The van der Waals surface area contributed by atoms with Crippen molar-refractivity contribution in [3.8, 4) is 0 Å². The molecule has 3 aromatic rings. The van der Waals surface area contributed by atoms with Crippen LogP contribution >= 0.6 is 0 Å². The summed E-state index contributed by atoms with van der Waals surface area (Å²) in [5, 5.41) is 14.6. The van der Waals surface area contributed by atoms with Crippen LogP contribution in [0.15, 0.2) is 24.5 Å². The second kappa shape index (κ2) is 5.31. The maximum Gasteiger partial charge on any atom is 0.254 e. The number of aromatic amines is 1. The van der Waals surface area contributed by atoms with Crippen molar-refractivity contribution in [3.05, 3.63) is 35.9 Å². The predicted molar refractivity (Wildman–Crippen MR) is 75.4 cm³/mol. The van der Waals surface area contributed by atoms with Gasteiger partial charge in [-0.05, 0) is 25.1 Å². The molecule has 108 valence electrons. The zero-order valence-corrected chi connectivity index (χ0v) is 11.8. The maximum absolute atomic E-state index is 12.4. The maximum atomic E-state index is 12.4. The van der Waals surface area contributed by atoms with Gasteiger partial charge in [-0.2, -0.15) is 5.10 Å². The number of nitrogens with zero attached hydrogens (tertiary/aromatic N) is 6. The first-order chi connectivity index (χ1) is 10.2. The molecule has 0 spiro atoms. The minimum absolute atomic E-state index is 0.0978. The molecule has 1 amide bonds. The fourth-order valence-electron chi connectivity index (χ4n) is 2.16. The first kappa shape index (κ1) is 13.2. The molecule has 0 atom stereocenters. The first-order valence-corrected chi connectivity index (χ1v) is 6.62. The van der Waals surface area contributed by atoms with Gasteiger partial charge in [0.1, 0.15) is 17.7 Å². The van der Waals surface area contributed by atoms with Crippen LogP contribution in [0.4, 0.5) is 0 Å².